The molecule has 10 nitrogen and oxygen atoms in total. The van der Waals surface area contributed by atoms with E-state index in [0.717, 1.165) is 26.7 Å². The smallest absolute Gasteiger partial charge is 0.407 e. The quantitative estimate of drug-likeness (QED) is 0.102. The predicted octanol–water partition coefficient (Wildman–Crippen LogP) is 5.81. The first-order valence-corrected chi connectivity index (χ1v) is 18.4. The summed E-state index contributed by atoms with van der Waals surface area (Å²) in [5, 5.41) is 23.6. The summed E-state index contributed by atoms with van der Waals surface area (Å²) >= 11 is 2.98. The van der Waals surface area contributed by atoms with Crippen LogP contribution in [0.4, 0.5) is 4.79 Å². The third-order valence-corrected chi connectivity index (χ3v) is 9.98. The predicted molar refractivity (Wildman–Crippen MR) is 193 cm³/mol. The van der Waals surface area contributed by atoms with E-state index < -0.39 is 30.3 Å². The van der Waals surface area contributed by atoms with E-state index in [1.54, 1.807) is 23.0 Å². The monoisotopic (exact) mass is 705 g/mol. The molecule has 4 aromatic rings. The van der Waals surface area contributed by atoms with Crippen LogP contribution < -0.4 is 16.0 Å². The van der Waals surface area contributed by atoms with E-state index in [4.69, 9.17) is 4.74 Å². The SMILES string of the molecule is CC(C)c1nc(CCC(=O)N[C@H](C(=O)N[C@@H](Cc2ccccc2)C[C@H](O)[C@H](Cc2ccccc2)NC(=O)OCc2cncs2)C(C)C)cs1. The van der Waals surface area contributed by atoms with Gasteiger partial charge in [0, 0.05) is 30.0 Å². The molecule has 0 saturated carbocycles. The van der Waals surface area contributed by atoms with Gasteiger partial charge in [0.1, 0.15) is 12.6 Å². The molecule has 0 aliphatic heterocycles. The summed E-state index contributed by atoms with van der Waals surface area (Å²) in [4.78, 5) is 49.1. The number of benzene rings is 2. The number of aromatic nitrogens is 2. The number of aliphatic hydroxyl groups is 1. The normalized spacial score (nSPS) is 13.8. The summed E-state index contributed by atoms with van der Waals surface area (Å²) in [6.45, 7) is 8.02. The summed E-state index contributed by atoms with van der Waals surface area (Å²) in [5.74, 6) is -0.407. The first kappa shape index (κ1) is 37.7. The van der Waals surface area contributed by atoms with Crippen molar-refractivity contribution >= 4 is 40.6 Å². The molecular weight excluding hydrogens is 659 g/mol. The number of carbonyl (C=O) groups is 3. The van der Waals surface area contributed by atoms with Crippen LogP contribution in [0.3, 0.4) is 0 Å². The Balaban J connectivity index is 1.44. The van der Waals surface area contributed by atoms with Crippen molar-refractivity contribution in [2.24, 2.45) is 5.92 Å². The fourth-order valence-electron chi connectivity index (χ4n) is 5.36. The van der Waals surface area contributed by atoms with E-state index in [0.29, 0.717) is 25.2 Å². The molecule has 2 heterocycles. The molecule has 262 valence electrons. The molecule has 2 aromatic carbocycles. The molecule has 0 fully saturated rings. The molecule has 2 aromatic heterocycles. The van der Waals surface area contributed by atoms with E-state index in [2.05, 4.69) is 39.8 Å². The molecular formula is C37H47N5O5S2. The number of rotatable bonds is 18. The zero-order valence-corrected chi connectivity index (χ0v) is 30.1. The van der Waals surface area contributed by atoms with Gasteiger partial charge in [-0.25, -0.2) is 9.78 Å². The van der Waals surface area contributed by atoms with Crippen LogP contribution in [0.2, 0.25) is 0 Å². The molecule has 0 aliphatic rings. The van der Waals surface area contributed by atoms with E-state index >= 15 is 0 Å². The largest absolute Gasteiger partial charge is 0.444 e. The maximum absolute atomic E-state index is 13.8. The van der Waals surface area contributed by atoms with Crippen LogP contribution in [0, 0.1) is 5.92 Å². The number of amides is 3. The number of ether oxygens (including phenoxy) is 1. The first-order valence-electron chi connectivity index (χ1n) is 16.7. The van der Waals surface area contributed by atoms with E-state index in [1.807, 2.05) is 79.9 Å². The number of thiazole rings is 2. The number of nitrogens with one attached hydrogen (secondary N) is 3. The maximum Gasteiger partial charge on any atom is 0.407 e. The third kappa shape index (κ3) is 12.7. The Bertz CT molecular complexity index is 1580. The summed E-state index contributed by atoms with van der Waals surface area (Å²) < 4.78 is 5.42. The molecule has 0 aliphatic carbocycles. The van der Waals surface area contributed by atoms with Crippen molar-refractivity contribution in [2.75, 3.05) is 0 Å². The lowest BCUT2D eigenvalue weighted by Gasteiger charge is -2.30. The van der Waals surface area contributed by atoms with Gasteiger partial charge in [0.05, 0.1) is 33.2 Å². The van der Waals surface area contributed by atoms with Crippen molar-refractivity contribution in [1.29, 1.82) is 0 Å². The number of hydrogen-bond acceptors (Lipinski definition) is 9. The van der Waals surface area contributed by atoms with Gasteiger partial charge >= 0.3 is 6.09 Å². The second-order valence-electron chi connectivity index (χ2n) is 12.8. The molecule has 0 spiro atoms. The van der Waals surface area contributed by atoms with Crippen LogP contribution in [0.25, 0.3) is 0 Å². The van der Waals surface area contributed by atoms with Crippen LogP contribution in [0.15, 0.2) is 77.8 Å². The number of hydrogen-bond donors (Lipinski definition) is 4. The highest BCUT2D eigenvalue weighted by Crippen LogP contribution is 2.20. The second-order valence-corrected chi connectivity index (χ2v) is 14.7. The number of aliphatic hydroxyl groups excluding tert-OH is 1. The van der Waals surface area contributed by atoms with Crippen LogP contribution in [0.5, 0.6) is 0 Å². The van der Waals surface area contributed by atoms with Gasteiger partial charge in [0.2, 0.25) is 11.8 Å². The molecule has 4 atom stereocenters. The van der Waals surface area contributed by atoms with Gasteiger partial charge in [-0.05, 0) is 42.7 Å². The molecule has 49 heavy (non-hydrogen) atoms. The minimum absolute atomic E-state index is 0.0718. The molecule has 0 bridgehead atoms. The summed E-state index contributed by atoms with van der Waals surface area (Å²) in [6, 6.07) is 17.3. The first-order chi connectivity index (χ1) is 23.6. The molecule has 4 rings (SSSR count). The van der Waals surface area contributed by atoms with Crippen LogP contribution in [0.1, 0.15) is 73.2 Å². The topological polar surface area (TPSA) is 143 Å². The van der Waals surface area contributed by atoms with Crippen molar-refractivity contribution in [1.82, 2.24) is 25.9 Å². The molecule has 0 radical (unpaired) electrons. The summed E-state index contributed by atoms with van der Waals surface area (Å²) in [5.41, 5.74) is 4.45. The lowest BCUT2D eigenvalue weighted by atomic mass is 9.93. The van der Waals surface area contributed by atoms with Crippen molar-refractivity contribution in [3.05, 3.63) is 104 Å². The van der Waals surface area contributed by atoms with Gasteiger partial charge in [-0.3, -0.25) is 14.6 Å². The fraction of sp³-hybridized carbons (Fsp3) is 0.432. The Morgan fingerprint density at radius 2 is 1.55 bits per heavy atom. The van der Waals surface area contributed by atoms with E-state index in [-0.39, 0.29) is 37.2 Å². The van der Waals surface area contributed by atoms with Crippen LogP contribution >= 0.6 is 22.7 Å². The molecule has 4 N–H and O–H groups in total. The zero-order chi connectivity index (χ0) is 35.2. The lowest BCUT2D eigenvalue weighted by molar-refractivity contribution is -0.130. The zero-order valence-electron chi connectivity index (χ0n) is 28.5. The van der Waals surface area contributed by atoms with Crippen LogP contribution in [-0.4, -0.2) is 57.2 Å². The molecule has 3 amide bonds. The van der Waals surface area contributed by atoms with Gasteiger partial charge < -0.3 is 25.8 Å². The standard InChI is InChI=1S/C37H47N5O5S2/c1-24(2)34(42-33(44)16-15-28-22-48-36(40-28)25(3)4)35(45)39-29(17-26-11-7-5-8-12-26)19-32(43)31(18-27-13-9-6-10-14-27)41-37(46)47-21-30-20-38-23-49-30/h5-14,20,22-25,29,31-32,34,43H,15-19,21H2,1-4H3,(H,39,45)(H,41,46)(H,42,44)/t29-,31-,32-,34-/m0/s1. The van der Waals surface area contributed by atoms with E-state index in [9.17, 15) is 19.5 Å². The van der Waals surface area contributed by atoms with Gasteiger partial charge in [-0.1, -0.05) is 88.4 Å². The fourth-order valence-corrected chi connectivity index (χ4v) is 6.73. The average Bonchev–Trinajstić information content (AvgIpc) is 3.79. The molecule has 12 heteroatoms. The Hall–Kier alpha value is -4.13. The number of carbonyl (C=O) groups excluding carboxylic acids is 3. The summed E-state index contributed by atoms with van der Waals surface area (Å²) in [6.07, 6.45) is 1.60. The second kappa shape index (κ2) is 19.2. The van der Waals surface area contributed by atoms with Gasteiger partial charge in [0.15, 0.2) is 0 Å². The van der Waals surface area contributed by atoms with Crippen molar-refractivity contribution in [3.8, 4) is 0 Å². The van der Waals surface area contributed by atoms with Crippen molar-refractivity contribution in [3.63, 3.8) is 0 Å². The lowest BCUT2D eigenvalue weighted by Crippen LogP contribution is -2.54. The number of alkyl carbamates (subject to hydrolysis) is 1. The van der Waals surface area contributed by atoms with Gasteiger partial charge in [-0.15, -0.1) is 22.7 Å². The highest BCUT2D eigenvalue weighted by Gasteiger charge is 2.30. The van der Waals surface area contributed by atoms with E-state index in [1.165, 1.54) is 11.3 Å². The number of aryl methyl sites for hydroxylation is 1. The van der Waals surface area contributed by atoms with Gasteiger partial charge in [-0.2, -0.15) is 0 Å². The Labute approximate surface area is 296 Å². The minimum Gasteiger partial charge on any atom is -0.444 e. The van der Waals surface area contributed by atoms with Crippen LogP contribution in [-0.2, 0) is 40.2 Å². The highest BCUT2D eigenvalue weighted by molar-refractivity contribution is 7.09. The molecule has 0 saturated heterocycles. The molecule has 0 unspecified atom stereocenters. The maximum atomic E-state index is 13.8. The Kier molecular flexibility index (Phi) is 14.7. The third-order valence-electron chi connectivity index (χ3n) is 8.03. The minimum atomic E-state index is -1.04. The van der Waals surface area contributed by atoms with Crippen molar-refractivity contribution < 1.29 is 24.2 Å². The number of nitrogens with zero attached hydrogens (tertiary/aromatic N) is 2. The highest BCUT2D eigenvalue weighted by atomic mass is 32.1. The Morgan fingerprint density at radius 1 is 0.878 bits per heavy atom. The average molecular weight is 706 g/mol. The summed E-state index contributed by atoms with van der Waals surface area (Å²) in [7, 11) is 0. The van der Waals surface area contributed by atoms with Crippen molar-refractivity contribution in [2.45, 2.75) is 96.6 Å². The Morgan fingerprint density at radius 3 is 2.14 bits per heavy atom. The van der Waals surface area contributed by atoms with Gasteiger partial charge in [0.25, 0.3) is 0 Å².